The first-order chi connectivity index (χ1) is 21.7. The number of H-pyrrole nitrogens is 1. The van der Waals surface area contributed by atoms with Crippen LogP contribution in [0.1, 0.15) is 44.7 Å². The van der Waals surface area contributed by atoms with Gasteiger partial charge >= 0.3 is 5.97 Å². The number of aromatic nitrogens is 2. The van der Waals surface area contributed by atoms with Crippen LogP contribution < -0.4 is 21.7 Å². The molecule has 1 aromatic rings. The highest BCUT2D eigenvalue weighted by molar-refractivity contribution is 5.91. The predicted octanol–water partition coefficient (Wildman–Crippen LogP) is -0.698. The number of carbonyl (C=O) groups is 5. The lowest BCUT2D eigenvalue weighted by atomic mass is 9.89. The van der Waals surface area contributed by atoms with E-state index in [0.717, 1.165) is 6.42 Å². The first kappa shape index (κ1) is 39.7. The molecule has 16 heteroatoms. The van der Waals surface area contributed by atoms with Gasteiger partial charge in [0.1, 0.15) is 19.0 Å². The fraction of sp³-hybridized carbons (Fsp3) is 0.724. The molecule has 0 spiro atoms. The van der Waals surface area contributed by atoms with Gasteiger partial charge in [-0.2, -0.15) is 0 Å². The fourth-order valence-corrected chi connectivity index (χ4v) is 3.95. The minimum Gasteiger partial charge on any atom is -0.480 e. The highest BCUT2D eigenvalue weighted by atomic mass is 16.5. The molecule has 255 valence electrons. The summed E-state index contributed by atoms with van der Waals surface area (Å²) in [5.41, 5.74) is 8.80. The molecule has 0 saturated heterocycles. The van der Waals surface area contributed by atoms with Gasteiger partial charge in [-0.15, -0.1) is 0 Å². The van der Waals surface area contributed by atoms with E-state index in [9.17, 15) is 24.0 Å². The van der Waals surface area contributed by atoms with Gasteiger partial charge in [-0.05, 0) is 19.3 Å². The number of hydrogen-bond donors (Lipinski definition) is 5. The van der Waals surface area contributed by atoms with Crippen molar-refractivity contribution in [3.63, 3.8) is 0 Å². The topological polar surface area (TPSA) is 231 Å². The lowest BCUT2D eigenvalue weighted by molar-refractivity contribution is -0.136. The molecule has 1 radical (unpaired) electrons. The number of carboxylic acid groups (broad SMARTS) is 1. The van der Waals surface area contributed by atoms with Crippen molar-refractivity contribution < 1.29 is 48.0 Å². The van der Waals surface area contributed by atoms with Crippen LogP contribution in [0.25, 0.3) is 0 Å². The van der Waals surface area contributed by atoms with E-state index in [1.54, 1.807) is 0 Å². The van der Waals surface area contributed by atoms with E-state index in [1.165, 1.54) is 12.5 Å². The highest BCUT2D eigenvalue weighted by Crippen LogP contribution is 2.16. The second-order valence-corrected chi connectivity index (χ2v) is 10.2. The third kappa shape index (κ3) is 22.0. The maximum atomic E-state index is 12.7. The molecule has 0 unspecified atom stereocenters. The molecule has 1 rings (SSSR count). The van der Waals surface area contributed by atoms with Crippen molar-refractivity contribution >= 4 is 29.4 Å². The summed E-state index contributed by atoms with van der Waals surface area (Å²) in [7, 11) is 0. The monoisotopic (exact) mass is 641 g/mol. The van der Waals surface area contributed by atoms with Gasteiger partial charge in [0, 0.05) is 50.3 Å². The van der Waals surface area contributed by atoms with Crippen molar-refractivity contribution in [1.82, 2.24) is 31.7 Å². The van der Waals surface area contributed by atoms with Crippen molar-refractivity contribution in [1.29, 1.82) is 0 Å². The van der Waals surface area contributed by atoms with Crippen LogP contribution in [0.4, 0.5) is 0 Å². The summed E-state index contributed by atoms with van der Waals surface area (Å²) in [6.07, 6.45) is 5.42. The molecule has 0 bridgehead atoms. The summed E-state index contributed by atoms with van der Waals surface area (Å²) < 4.78 is 21.1. The van der Waals surface area contributed by atoms with Gasteiger partial charge in [0.2, 0.25) is 11.8 Å². The van der Waals surface area contributed by atoms with E-state index >= 15 is 0 Å². The van der Waals surface area contributed by atoms with Crippen LogP contribution in [0.3, 0.4) is 0 Å². The Hall–Kier alpha value is -3.28. The third-order valence-corrected chi connectivity index (χ3v) is 6.27. The number of carboxylic acids is 1. The minimum atomic E-state index is -1.10. The predicted molar refractivity (Wildman–Crippen MR) is 161 cm³/mol. The van der Waals surface area contributed by atoms with Crippen LogP contribution in [-0.2, 0) is 49.3 Å². The number of nitrogens with one attached hydrogen (secondary N) is 5. The van der Waals surface area contributed by atoms with Crippen LogP contribution >= 0.6 is 0 Å². The number of imidazole rings is 1. The largest absolute Gasteiger partial charge is 0.480 e. The van der Waals surface area contributed by atoms with E-state index in [0.29, 0.717) is 64.5 Å². The van der Waals surface area contributed by atoms with Crippen LogP contribution in [-0.4, -0.2) is 130 Å². The number of unbranched alkanes of at least 4 members (excludes halogenated alkanes) is 1. The number of nitrogens with zero attached hydrogens (tertiary/aromatic N) is 1. The molecule has 0 aliphatic heterocycles. The standard InChI is InChI=1S/C29H49N6O10/c1-2-8-42-10-12-44-20-28(39)34-7-9-43-11-13-45-19-27(38)33-6-4-3-5-22(26(37)17-31-18-29(40)41)14-25(36)24(30)15-23-16-32-21-35-23/h16,21-22,24,30-31H,2-15,17-20H2,1H3,(H,32,35)(H,33,38)(H,34,39)(H,40,41)/t22-,24+/m1/s1. The average molecular weight is 642 g/mol. The number of hydrogen-bond acceptors (Lipinski definition) is 11. The highest BCUT2D eigenvalue weighted by Gasteiger charge is 2.25. The van der Waals surface area contributed by atoms with Gasteiger partial charge in [-0.1, -0.05) is 13.3 Å². The molecule has 1 heterocycles. The SMILES string of the molecule is CCCOCCOCC(=O)NCCOCCOCC(=O)NCCCC[C@H](CC(=O)[C@@H]([NH])Cc1cnc[nH]1)C(=O)CNCC(=O)O. The van der Waals surface area contributed by atoms with E-state index in [2.05, 4.69) is 25.9 Å². The van der Waals surface area contributed by atoms with Gasteiger partial charge in [-0.3, -0.25) is 24.0 Å². The number of carbonyl (C=O) groups excluding carboxylic acids is 4. The Morgan fingerprint density at radius 2 is 1.51 bits per heavy atom. The van der Waals surface area contributed by atoms with Crippen molar-refractivity contribution in [2.24, 2.45) is 5.92 Å². The lowest BCUT2D eigenvalue weighted by Gasteiger charge is -2.17. The van der Waals surface area contributed by atoms with Gasteiger partial charge in [0.15, 0.2) is 5.78 Å². The molecule has 0 aromatic carbocycles. The Kier molecular flexibility index (Phi) is 23.0. The Bertz CT molecular complexity index is 979. The molecule has 16 nitrogen and oxygen atoms in total. The molecule has 0 aliphatic rings. The zero-order valence-electron chi connectivity index (χ0n) is 26.1. The third-order valence-electron chi connectivity index (χ3n) is 6.27. The van der Waals surface area contributed by atoms with E-state index in [-0.39, 0.29) is 75.7 Å². The molecule has 45 heavy (non-hydrogen) atoms. The van der Waals surface area contributed by atoms with Gasteiger partial charge in [0.25, 0.3) is 0 Å². The molecule has 0 aliphatic carbocycles. The Balaban J connectivity index is 2.17. The van der Waals surface area contributed by atoms with Crippen LogP contribution in [0.5, 0.6) is 0 Å². The zero-order chi connectivity index (χ0) is 33.1. The zero-order valence-corrected chi connectivity index (χ0v) is 26.1. The minimum absolute atomic E-state index is 0.0438. The first-order valence-electron chi connectivity index (χ1n) is 15.2. The lowest BCUT2D eigenvalue weighted by Crippen LogP contribution is -2.35. The summed E-state index contributed by atoms with van der Waals surface area (Å²) in [6, 6.07) is -1.05. The van der Waals surface area contributed by atoms with E-state index in [1.807, 2.05) is 6.92 Å². The number of rotatable bonds is 30. The summed E-state index contributed by atoms with van der Waals surface area (Å²) in [6.45, 7) is 4.15. The van der Waals surface area contributed by atoms with Crippen molar-refractivity contribution in [3.8, 4) is 0 Å². The molecular weight excluding hydrogens is 592 g/mol. The van der Waals surface area contributed by atoms with Gasteiger partial charge in [-0.25, -0.2) is 10.7 Å². The van der Waals surface area contributed by atoms with Crippen molar-refractivity contribution in [3.05, 3.63) is 18.2 Å². The molecule has 0 saturated carbocycles. The number of amides is 2. The van der Waals surface area contributed by atoms with Crippen molar-refractivity contribution in [2.75, 3.05) is 79.0 Å². The number of Topliss-reactive ketones (excluding diaryl/α,β-unsaturated/α-hetero) is 2. The molecule has 2 amide bonds. The molecular formula is C29H49N6O10. The summed E-state index contributed by atoms with van der Waals surface area (Å²) in [5.74, 6) is -2.98. The smallest absolute Gasteiger partial charge is 0.317 e. The number of aliphatic carboxylic acids is 1. The Labute approximate surface area is 263 Å². The second kappa shape index (κ2) is 26.0. The maximum absolute atomic E-state index is 12.7. The molecule has 1 aromatic heterocycles. The number of aromatic amines is 1. The normalized spacial score (nSPS) is 12.4. The molecule has 6 N–H and O–H groups in total. The van der Waals surface area contributed by atoms with E-state index < -0.39 is 17.9 Å². The summed E-state index contributed by atoms with van der Waals surface area (Å²) in [5, 5.41) is 16.7. The van der Waals surface area contributed by atoms with Crippen LogP contribution in [0.2, 0.25) is 0 Å². The van der Waals surface area contributed by atoms with E-state index in [4.69, 9.17) is 29.8 Å². The molecule has 2 atom stereocenters. The fourth-order valence-electron chi connectivity index (χ4n) is 3.95. The van der Waals surface area contributed by atoms with Crippen LogP contribution in [0, 0.1) is 5.92 Å². The van der Waals surface area contributed by atoms with Gasteiger partial charge < -0.3 is 45.0 Å². The Morgan fingerprint density at radius 1 is 0.867 bits per heavy atom. The maximum Gasteiger partial charge on any atom is 0.317 e. The summed E-state index contributed by atoms with van der Waals surface area (Å²) in [4.78, 5) is 66.5. The number of ketones is 2. The van der Waals surface area contributed by atoms with Crippen molar-refractivity contribution in [2.45, 2.75) is 51.5 Å². The quantitative estimate of drug-likeness (QED) is 0.0657. The Morgan fingerprint density at radius 3 is 2.13 bits per heavy atom. The summed E-state index contributed by atoms with van der Waals surface area (Å²) >= 11 is 0. The average Bonchev–Trinajstić information content (AvgIpc) is 3.52. The molecule has 0 fully saturated rings. The first-order valence-corrected chi connectivity index (χ1v) is 15.2. The van der Waals surface area contributed by atoms with Gasteiger partial charge in [0.05, 0.1) is 58.5 Å². The number of ether oxygens (including phenoxy) is 4. The second-order valence-electron chi connectivity index (χ2n) is 10.2. The van der Waals surface area contributed by atoms with Crippen LogP contribution in [0.15, 0.2) is 12.5 Å².